The average Bonchev–Trinajstić information content (AvgIpc) is 2.46. The van der Waals surface area contributed by atoms with Gasteiger partial charge < -0.3 is 15.0 Å². The Balaban J connectivity index is 2.05. The van der Waals surface area contributed by atoms with E-state index < -0.39 is 0 Å². The number of methoxy groups -OCH3 is 1. The van der Waals surface area contributed by atoms with Crippen LogP contribution in [-0.4, -0.2) is 21.2 Å². The first kappa shape index (κ1) is 14.2. The highest BCUT2D eigenvalue weighted by Gasteiger charge is 2.04. The maximum atomic E-state index is 13.1. The van der Waals surface area contributed by atoms with Crippen molar-refractivity contribution in [3.05, 3.63) is 53.8 Å². The van der Waals surface area contributed by atoms with Crippen molar-refractivity contribution in [2.75, 3.05) is 31.4 Å². The standard InChI is InChI=1S/C16H19FN2O/c1-19(2)14-7-4-12(5-8-14)11-18-15-9-6-13(17)10-16(15)20-3/h4-10,18H,11H2,1-3H3. The zero-order chi connectivity index (χ0) is 14.5. The molecule has 0 amide bonds. The van der Waals surface area contributed by atoms with Gasteiger partial charge >= 0.3 is 0 Å². The van der Waals surface area contributed by atoms with E-state index in [1.165, 1.54) is 19.2 Å². The van der Waals surface area contributed by atoms with Crippen LogP contribution in [0.4, 0.5) is 15.8 Å². The second-order valence-corrected chi connectivity index (χ2v) is 4.76. The Morgan fingerprint density at radius 2 is 1.80 bits per heavy atom. The number of hydrogen-bond acceptors (Lipinski definition) is 3. The lowest BCUT2D eigenvalue weighted by molar-refractivity contribution is 0.413. The summed E-state index contributed by atoms with van der Waals surface area (Å²) in [5.74, 6) is 0.206. The van der Waals surface area contributed by atoms with Gasteiger partial charge in [0.25, 0.3) is 0 Å². The van der Waals surface area contributed by atoms with E-state index in [-0.39, 0.29) is 5.82 Å². The summed E-state index contributed by atoms with van der Waals surface area (Å²) in [5.41, 5.74) is 3.10. The number of anilines is 2. The summed E-state index contributed by atoms with van der Waals surface area (Å²) in [6, 6.07) is 12.7. The van der Waals surface area contributed by atoms with Crippen LogP contribution < -0.4 is 15.0 Å². The molecule has 0 saturated heterocycles. The van der Waals surface area contributed by atoms with E-state index in [4.69, 9.17) is 4.74 Å². The smallest absolute Gasteiger partial charge is 0.144 e. The molecule has 0 aliphatic carbocycles. The van der Waals surface area contributed by atoms with Crippen molar-refractivity contribution in [3.8, 4) is 5.75 Å². The molecule has 106 valence electrons. The van der Waals surface area contributed by atoms with Gasteiger partial charge in [-0.3, -0.25) is 0 Å². The summed E-state index contributed by atoms with van der Waals surface area (Å²) in [6.07, 6.45) is 0. The number of nitrogens with zero attached hydrogens (tertiary/aromatic N) is 1. The molecule has 0 atom stereocenters. The third kappa shape index (κ3) is 3.41. The molecule has 0 radical (unpaired) electrons. The molecule has 2 rings (SSSR count). The normalized spacial score (nSPS) is 10.2. The fraction of sp³-hybridized carbons (Fsp3) is 0.250. The zero-order valence-electron chi connectivity index (χ0n) is 12.0. The van der Waals surface area contributed by atoms with Crippen LogP contribution in [-0.2, 0) is 6.54 Å². The summed E-state index contributed by atoms with van der Waals surface area (Å²) in [6.45, 7) is 0.662. The minimum Gasteiger partial charge on any atom is -0.494 e. The topological polar surface area (TPSA) is 24.5 Å². The third-order valence-electron chi connectivity index (χ3n) is 3.10. The Bertz CT molecular complexity index is 567. The van der Waals surface area contributed by atoms with Crippen molar-refractivity contribution in [3.63, 3.8) is 0 Å². The third-order valence-corrected chi connectivity index (χ3v) is 3.10. The maximum Gasteiger partial charge on any atom is 0.144 e. The molecule has 2 aromatic carbocycles. The first-order valence-corrected chi connectivity index (χ1v) is 6.44. The molecule has 0 heterocycles. The van der Waals surface area contributed by atoms with Gasteiger partial charge in [0, 0.05) is 32.4 Å². The zero-order valence-corrected chi connectivity index (χ0v) is 12.0. The SMILES string of the molecule is COc1cc(F)ccc1NCc1ccc(N(C)C)cc1. The van der Waals surface area contributed by atoms with Crippen molar-refractivity contribution in [1.82, 2.24) is 0 Å². The number of benzene rings is 2. The van der Waals surface area contributed by atoms with Gasteiger partial charge in [0.05, 0.1) is 12.8 Å². The Hall–Kier alpha value is -2.23. The number of nitrogens with one attached hydrogen (secondary N) is 1. The van der Waals surface area contributed by atoms with Crippen molar-refractivity contribution >= 4 is 11.4 Å². The molecule has 20 heavy (non-hydrogen) atoms. The van der Waals surface area contributed by atoms with Crippen molar-refractivity contribution in [1.29, 1.82) is 0 Å². The van der Waals surface area contributed by atoms with E-state index in [1.807, 2.05) is 14.1 Å². The van der Waals surface area contributed by atoms with Crippen LogP contribution in [0.15, 0.2) is 42.5 Å². The minimum absolute atomic E-state index is 0.303. The predicted octanol–water partition coefficient (Wildman–Crippen LogP) is 3.51. The van der Waals surface area contributed by atoms with Gasteiger partial charge in [-0.05, 0) is 29.8 Å². The summed E-state index contributed by atoms with van der Waals surface area (Å²) in [4.78, 5) is 2.06. The Morgan fingerprint density at radius 1 is 1.10 bits per heavy atom. The number of ether oxygens (including phenoxy) is 1. The van der Waals surface area contributed by atoms with Gasteiger partial charge in [-0.25, -0.2) is 4.39 Å². The molecule has 2 aromatic rings. The van der Waals surface area contributed by atoms with Gasteiger partial charge in [0.15, 0.2) is 0 Å². The number of rotatable bonds is 5. The highest BCUT2D eigenvalue weighted by molar-refractivity contribution is 5.57. The van der Waals surface area contributed by atoms with E-state index >= 15 is 0 Å². The fourth-order valence-corrected chi connectivity index (χ4v) is 1.92. The van der Waals surface area contributed by atoms with Gasteiger partial charge in [-0.1, -0.05) is 12.1 Å². The molecule has 0 aromatic heterocycles. The average molecular weight is 274 g/mol. The number of hydrogen-bond donors (Lipinski definition) is 1. The van der Waals surface area contributed by atoms with E-state index in [9.17, 15) is 4.39 Å². The van der Waals surface area contributed by atoms with Crippen LogP contribution in [0, 0.1) is 5.82 Å². The lowest BCUT2D eigenvalue weighted by atomic mass is 10.2. The van der Waals surface area contributed by atoms with Gasteiger partial charge in [-0.2, -0.15) is 0 Å². The van der Waals surface area contributed by atoms with Crippen LogP contribution in [0.1, 0.15) is 5.56 Å². The lowest BCUT2D eigenvalue weighted by Crippen LogP contribution is -2.08. The molecule has 0 spiro atoms. The Morgan fingerprint density at radius 3 is 2.40 bits per heavy atom. The van der Waals surface area contributed by atoms with Gasteiger partial charge in [0.2, 0.25) is 0 Å². The van der Waals surface area contributed by atoms with Gasteiger partial charge in [-0.15, -0.1) is 0 Å². The summed E-state index contributed by atoms with van der Waals surface area (Å²) in [7, 11) is 5.55. The second-order valence-electron chi connectivity index (χ2n) is 4.76. The fourth-order valence-electron chi connectivity index (χ4n) is 1.92. The molecule has 0 saturated carbocycles. The number of halogens is 1. The molecule has 3 nitrogen and oxygen atoms in total. The van der Waals surface area contributed by atoms with Crippen molar-refractivity contribution in [2.24, 2.45) is 0 Å². The maximum absolute atomic E-state index is 13.1. The highest BCUT2D eigenvalue weighted by Crippen LogP contribution is 2.25. The monoisotopic (exact) mass is 274 g/mol. The van der Waals surface area contributed by atoms with Crippen LogP contribution in [0.25, 0.3) is 0 Å². The molecular weight excluding hydrogens is 255 g/mol. The van der Waals surface area contributed by atoms with E-state index in [2.05, 4.69) is 34.5 Å². The van der Waals surface area contributed by atoms with E-state index in [1.54, 1.807) is 6.07 Å². The molecule has 0 aliphatic rings. The van der Waals surface area contributed by atoms with Crippen LogP contribution in [0.3, 0.4) is 0 Å². The summed E-state index contributed by atoms with van der Waals surface area (Å²) < 4.78 is 18.3. The Labute approximate surface area is 119 Å². The summed E-state index contributed by atoms with van der Waals surface area (Å²) >= 11 is 0. The molecule has 1 N–H and O–H groups in total. The van der Waals surface area contributed by atoms with Crippen LogP contribution >= 0.6 is 0 Å². The molecule has 0 bridgehead atoms. The predicted molar refractivity (Wildman–Crippen MR) is 81.0 cm³/mol. The quantitative estimate of drug-likeness (QED) is 0.903. The highest BCUT2D eigenvalue weighted by atomic mass is 19.1. The molecule has 0 aliphatic heterocycles. The molecule has 0 unspecified atom stereocenters. The van der Waals surface area contributed by atoms with Crippen molar-refractivity contribution < 1.29 is 9.13 Å². The lowest BCUT2D eigenvalue weighted by Gasteiger charge is -2.14. The van der Waals surface area contributed by atoms with Crippen molar-refractivity contribution in [2.45, 2.75) is 6.54 Å². The van der Waals surface area contributed by atoms with E-state index in [0.29, 0.717) is 12.3 Å². The molecule has 4 heteroatoms. The first-order valence-electron chi connectivity index (χ1n) is 6.44. The minimum atomic E-state index is -0.303. The second kappa shape index (κ2) is 6.28. The van der Waals surface area contributed by atoms with E-state index in [0.717, 1.165) is 16.9 Å². The molecular formula is C16H19FN2O. The largest absolute Gasteiger partial charge is 0.494 e. The van der Waals surface area contributed by atoms with Crippen LogP contribution in [0.5, 0.6) is 5.75 Å². The summed E-state index contributed by atoms with van der Waals surface area (Å²) in [5, 5.41) is 3.25. The molecule has 0 fully saturated rings. The van der Waals surface area contributed by atoms with Gasteiger partial charge in [0.1, 0.15) is 11.6 Å². The Kier molecular flexibility index (Phi) is 4.45. The first-order chi connectivity index (χ1) is 9.60. The van der Waals surface area contributed by atoms with Crippen LogP contribution in [0.2, 0.25) is 0 Å².